The van der Waals surface area contributed by atoms with Crippen molar-refractivity contribution in [1.29, 1.82) is 0 Å². The monoisotopic (exact) mass is 182 g/mol. The lowest BCUT2D eigenvalue weighted by Gasteiger charge is -1.98. The third-order valence-electron chi connectivity index (χ3n) is 1.07. The van der Waals surface area contributed by atoms with Crippen LogP contribution >= 0.6 is 0 Å². The third-order valence-corrected chi connectivity index (χ3v) is 1.07. The van der Waals surface area contributed by atoms with Gasteiger partial charge in [0.05, 0.1) is 0 Å². The second-order valence-corrected chi connectivity index (χ2v) is 1.99. The molecule has 6 nitrogen and oxygen atoms in total. The number of amides is 1. The molecule has 1 aromatic rings. The summed E-state index contributed by atoms with van der Waals surface area (Å²) in [6, 6.07) is 4.63. The zero-order valence-corrected chi connectivity index (χ0v) is 6.47. The summed E-state index contributed by atoms with van der Waals surface area (Å²) in [7, 11) is 0. The summed E-state index contributed by atoms with van der Waals surface area (Å²) in [6.45, 7) is 0. The maximum Gasteiger partial charge on any atom is 0.447 e. The third kappa shape index (κ3) is 2.78. The molecule has 0 fully saturated rings. The lowest BCUT2D eigenvalue weighted by atomic mass is 10.4. The molecule has 2 N–H and O–H groups in total. The SMILES string of the molecule is NC(=O)OOC(=O)c1ccccn1. The Morgan fingerprint density at radius 3 is 2.62 bits per heavy atom. The Bertz CT molecular complexity index is 312. The second kappa shape index (κ2) is 4.05. The predicted molar refractivity (Wildman–Crippen MR) is 40.3 cm³/mol. The quantitative estimate of drug-likeness (QED) is 0.496. The summed E-state index contributed by atoms with van der Waals surface area (Å²) in [4.78, 5) is 32.4. The van der Waals surface area contributed by atoms with Gasteiger partial charge >= 0.3 is 12.1 Å². The number of primary amides is 1. The topological polar surface area (TPSA) is 91.5 Å². The molecule has 1 amide bonds. The van der Waals surface area contributed by atoms with Crippen molar-refractivity contribution < 1.29 is 19.4 Å². The Labute approximate surface area is 73.2 Å². The van der Waals surface area contributed by atoms with Crippen molar-refractivity contribution in [2.45, 2.75) is 0 Å². The largest absolute Gasteiger partial charge is 0.447 e. The molecule has 0 bridgehead atoms. The maximum atomic E-state index is 10.9. The normalized spacial score (nSPS) is 8.92. The van der Waals surface area contributed by atoms with E-state index in [1.54, 1.807) is 12.1 Å². The second-order valence-electron chi connectivity index (χ2n) is 1.99. The summed E-state index contributed by atoms with van der Waals surface area (Å²) in [5.41, 5.74) is 4.59. The molecular formula is C7H6N2O4. The van der Waals surface area contributed by atoms with E-state index in [-0.39, 0.29) is 5.69 Å². The van der Waals surface area contributed by atoms with Crippen molar-refractivity contribution in [2.75, 3.05) is 0 Å². The van der Waals surface area contributed by atoms with Gasteiger partial charge in [0.15, 0.2) is 5.69 Å². The number of pyridine rings is 1. The average Bonchev–Trinajstić information content (AvgIpc) is 2.15. The number of aromatic nitrogens is 1. The molecule has 68 valence electrons. The highest BCUT2D eigenvalue weighted by atomic mass is 17.2. The van der Waals surface area contributed by atoms with E-state index in [4.69, 9.17) is 0 Å². The van der Waals surface area contributed by atoms with E-state index in [0.29, 0.717) is 0 Å². The van der Waals surface area contributed by atoms with Crippen LogP contribution < -0.4 is 5.73 Å². The zero-order chi connectivity index (χ0) is 9.68. The fourth-order valence-electron chi connectivity index (χ4n) is 0.605. The van der Waals surface area contributed by atoms with E-state index in [1.807, 2.05) is 0 Å². The molecule has 0 atom stereocenters. The summed E-state index contributed by atoms with van der Waals surface area (Å²) < 4.78 is 0. The van der Waals surface area contributed by atoms with Crippen LogP contribution in [0.2, 0.25) is 0 Å². The van der Waals surface area contributed by atoms with Crippen molar-refractivity contribution >= 4 is 12.1 Å². The molecule has 0 aliphatic heterocycles. The smallest absolute Gasteiger partial charge is 0.332 e. The Kier molecular flexibility index (Phi) is 2.80. The molecule has 0 saturated carbocycles. The fourth-order valence-corrected chi connectivity index (χ4v) is 0.605. The van der Waals surface area contributed by atoms with Crippen LogP contribution in [0.3, 0.4) is 0 Å². The number of hydrogen-bond donors (Lipinski definition) is 1. The maximum absolute atomic E-state index is 10.9. The van der Waals surface area contributed by atoms with Gasteiger partial charge in [-0.05, 0) is 12.1 Å². The summed E-state index contributed by atoms with van der Waals surface area (Å²) in [5, 5.41) is 0. The number of nitrogens with zero attached hydrogens (tertiary/aromatic N) is 1. The lowest BCUT2D eigenvalue weighted by Crippen LogP contribution is -2.17. The van der Waals surface area contributed by atoms with Gasteiger partial charge in [0.25, 0.3) is 0 Å². The van der Waals surface area contributed by atoms with Crippen molar-refractivity contribution in [3.8, 4) is 0 Å². The molecule has 0 aliphatic carbocycles. The molecule has 0 spiro atoms. The number of carbonyl (C=O) groups excluding carboxylic acids is 2. The first-order valence-electron chi connectivity index (χ1n) is 3.29. The predicted octanol–water partition coefficient (Wildman–Crippen LogP) is 0.249. The van der Waals surface area contributed by atoms with Crippen LogP contribution in [-0.4, -0.2) is 17.0 Å². The number of carbonyl (C=O) groups is 2. The summed E-state index contributed by atoms with van der Waals surface area (Å²) in [6.07, 6.45) is 0.213. The minimum Gasteiger partial charge on any atom is -0.332 e. The van der Waals surface area contributed by atoms with Crippen LogP contribution in [0.15, 0.2) is 24.4 Å². The van der Waals surface area contributed by atoms with E-state index in [1.165, 1.54) is 12.3 Å². The number of nitrogens with two attached hydrogens (primary N) is 1. The molecule has 1 aromatic heterocycles. The zero-order valence-electron chi connectivity index (χ0n) is 6.47. The van der Waals surface area contributed by atoms with E-state index in [9.17, 15) is 9.59 Å². The van der Waals surface area contributed by atoms with Crippen LogP contribution in [0.4, 0.5) is 4.79 Å². The first-order chi connectivity index (χ1) is 6.20. The Morgan fingerprint density at radius 2 is 2.08 bits per heavy atom. The first-order valence-corrected chi connectivity index (χ1v) is 3.29. The van der Waals surface area contributed by atoms with Crippen LogP contribution in [0.5, 0.6) is 0 Å². The minimum atomic E-state index is -1.19. The summed E-state index contributed by atoms with van der Waals surface area (Å²) in [5.74, 6) is -0.876. The highest BCUT2D eigenvalue weighted by Gasteiger charge is 2.10. The van der Waals surface area contributed by atoms with Gasteiger partial charge in [0.1, 0.15) is 0 Å². The number of hydrogen-bond acceptors (Lipinski definition) is 5. The van der Waals surface area contributed by atoms with Gasteiger partial charge < -0.3 is 5.73 Å². The Hall–Kier alpha value is -2.11. The molecule has 0 unspecified atom stereocenters. The van der Waals surface area contributed by atoms with Crippen molar-refractivity contribution in [1.82, 2.24) is 4.98 Å². The molecule has 0 radical (unpaired) electrons. The number of rotatable bonds is 1. The van der Waals surface area contributed by atoms with Gasteiger partial charge in [-0.2, -0.15) is 0 Å². The van der Waals surface area contributed by atoms with E-state index >= 15 is 0 Å². The van der Waals surface area contributed by atoms with Crippen molar-refractivity contribution in [2.24, 2.45) is 5.73 Å². The molecule has 0 saturated heterocycles. The lowest BCUT2D eigenvalue weighted by molar-refractivity contribution is -0.180. The fraction of sp³-hybridized carbons (Fsp3) is 0. The molecule has 0 aromatic carbocycles. The van der Waals surface area contributed by atoms with Gasteiger partial charge in [0, 0.05) is 6.20 Å². The molecule has 6 heteroatoms. The van der Waals surface area contributed by atoms with E-state index in [2.05, 4.69) is 20.5 Å². The van der Waals surface area contributed by atoms with Gasteiger partial charge in [-0.3, -0.25) is 0 Å². The van der Waals surface area contributed by atoms with Crippen LogP contribution in [0.25, 0.3) is 0 Å². The minimum absolute atomic E-state index is 0.0313. The van der Waals surface area contributed by atoms with Gasteiger partial charge in [-0.25, -0.2) is 24.3 Å². The standard InChI is InChI=1S/C7H6N2O4/c8-7(11)13-12-6(10)5-3-1-2-4-9-5/h1-4H,(H2,8,11). The first kappa shape index (κ1) is 8.98. The average molecular weight is 182 g/mol. The molecule has 13 heavy (non-hydrogen) atoms. The van der Waals surface area contributed by atoms with Gasteiger partial charge in [-0.1, -0.05) is 6.07 Å². The van der Waals surface area contributed by atoms with Crippen LogP contribution in [0, 0.1) is 0 Å². The molecule has 1 heterocycles. The van der Waals surface area contributed by atoms with Crippen molar-refractivity contribution in [3.63, 3.8) is 0 Å². The van der Waals surface area contributed by atoms with E-state index in [0.717, 1.165) is 0 Å². The van der Waals surface area contributed by atoms with Gasteiger partial charge in [-0.15, -0.1) is 0 Å². The highest BCUT2D eigenvalue weighted by molar-refractivity contribution is 5.87. The van der Waals surface area contributed by atoms with Crippen LogP contribution in [-0.2, 0) is 9.78 Å². The molecule has 1 rings (SSSR count). The van der Waals surface area contributed by atoms with Crippen LogP contribution in [0.1, 0.15) is 10.5 Å². The Morgan fingerprint density at radius 1 is 1.31 bits per heavy atom. The van der Waals surface area contributed by atoms with Crippen molar-refractivity contribution in [3.05, 3.63) is 30.1 Å². The summed E-state index contributed by atoms with van der Waals surface area (Å²) >= 11 is 0. The van der Waals surface area contributed by atoms with E-state index < -0.39 is 12.1 Å². The molecule has 0 aliphatic rings. The molecular weight excluding hydrogens is 176 g/mol. The Balaban J connectivity index is 2.54. The van der Waals surface area contributed by atoms with Gasteiger partial charge in [0.2, 0.25) is 0 Å². The highest BCUT2D eigenvalue weighted by Crippen LogP contribution is 1.96.